The van der Waals surface area contributed by atoms with E-state index in [1.54, 1.807) is 0 Å². The summed E-state index contributed by atoms with van der Waals surface area (Å²) in [5, 5.41) is 0. The van der Waals surface area contributed by atoms with E-state index in [9.17, 15) is 0 Å². The van der Waals surface area contributed by atoms with E-state index < -0.39 is 0 Å². The number of rotatable bonds is 2. The highest BCUT2D eigenvalue weighted by atomic mass is 15.1. The predicted molar refractivity (Wildman–Crippen MR) is 52.2 cm³/mol. The van der Waals surface area contributed by atoms with Gasteiger partial charge in [0.25, 0.3) is 0 Å². The van der Waals surface area contributed by atoms with Crippen LogP contribution in [0.15, 0.2) is 0 Å². The molecule has 1 unspecified atom stereocenters. The zero-order valence-corrected chi connectivity index (χ0v) is 8.26. The molecule has 0 N–H and O–H groups in total. The van der Waals surface area contributed by atoms with Gasteiger partial charge < -0.3 is 4.90 Å². The lowest BCUT2D eigenvalue weighted by molar-refractivity contribution is 0.270. The standard InChI is InChI=1S/C11H21N/c1-10-3-2-7-12(8-6-10)9-11-4-5-11/h10-11H,2-9H2,1H3. The fourth-order valence-electron chi connectivity index (χ4n) is 2.17. The number of hydrogen-bond donors (Lipinski definition) is 0. The third-order valence-corrected chi connectivity index (χ3v) is 3.32. The molecule has 0 aromatic carbocycles. The van der Waals surface area contributed by atoms with E-state index in [1.807, 2.05) is 0 Å². The molecule has 0 spiro atoms. The number of nitrogens with zero attached hydrogens (tertiary/aromatic N) is 1. The van der Waals surface area contributed by atoms with Crippen LogP contribution in [0.3, 0.4) is 0 Å². The maximum Gasteiger partial charge on any atom is 0.000966 e. The van der Waals surface area contributed by atoms with Crippen molar-refractivity contribution in [2.45, 2.75) is 39.0 Å². The minimum atomic E-state index is 0.981. The number of likely N-dealkylation sites (tertiary alicyclic amines) is 1. The molecule has 1 nitrogen and oxygen atoms in total. The van der Waals surface area contributed by atoms with Gasteiger partial charge in [-0.05, 0) is 57.0 Å². The smallest absolute Gasteiger partial charge is 0.000966 e. The molecule has 1 heterocycles. The molecule has 1 saturated carbocycles. The highest BCUT2D eigenvalue weighted by molar-refractivity contribution is 4.78. The molecule has 1 heteroatoms. The molecule has 0 aromatic heterocycles. The monoisotopic (exact) mass is 167 g/mol. The molecule has 70 valence electrons. The Hall–Kier alpha value is -0.0400. The first-order chi connectivity index (χ1) is 5.84. The Morgan fingerprint density at radius 2 is 1.92 bits per heavy atom. The van der Waals surface area contributed by atoms with Crippen LogP contribution in [0.1, 0.15) is 39.0 Å². The molecule has 2 aliphatic rings. The zero-order chi connectivity index (χ0) is 8.39. The SMILES string of the molecule is CC1CCCN(CC2CC2)CC1. The summed E-state index contributed by atoms with van der Waals surface area (Å²) >= 11 is 0. The van der Waals surface area contributed by atoms with Gasteiger partial charge in [0.15, 0.2) is 0 Å². The molecule has 2 fully saturated rings. The highest BCUT2D eigenvalue weighted by Crippen LogP contribution is 2.30. The Morgan fingerprint density at radius 1 is 1.08 bits per heavy atom. The van der Waals surface area contributed by atoms with Gasteiger partial charge in [-0.2, -0.15) is 0 Å². The van der Waals surface area contributed by atoms with Crippen LogP contribution in [0, 0.1) is 11.8 Å². The van der Waals surface area contributed by atoms with Crippen molar-refractivity contribution in [1.82, 2.24) is 4.90 Å². The van der Waals surface area contributed by atoms with Crippen LogP contribution in [0.4, 0.5) is 0 Å². The summed E-state index contributed by atoms with van der Waals surface area (Å²) < 4.78 is 0. The van der Waals surface area contributed by atoms with Gasteiger partial charge in [0.05, 0.1) is 0 Å². The first kappa shape index (κ1) is 8.55. The van der Waals surface area contributed by atoms with Crippen LogP contribution in [0.2, 0.25) is 0 Å². The van der Waals surface area contributed by atoms with Crippen LogP contribution in [-0.4, -0.2) is 24.5 Å². The molecule has 1 saturated heterocycles. The average molecular weight is 167 g/mol. The second kappa shape index (κ2) is 3.78. The van der Waals surface area contributed by atoms with E-state index in [4.69, 9.17) is 0 Å². The fourth-order valence-corrected chi connectivity index (χ4v) is 2.17. The summed E-state index contributed by atoms with van der Waals surface area (Å²) in [6.07, 6.45) is 7.35. The summed E-state index contributed by atoms with van der Waals surface area (Å²) in [6, 6.07) is 0. The lowest BCUT2D eigenvalue weighted by atomic mass is 10.0. The van der Waals surface area contributed by atoms with Crippen molar-refractivity contribution in [1.29, 1.82) is 0 Å². The van der Waals surface area contributed by atoms with Crippen molar-refractivity contribution >= 4 is 0 Å². The van der Waals surface area contributed by atoms with Crippen LogP contribution in [0.25, 0.3) is 0 Å². The van der Waals surface area contributed by atoms with E-state index in [2.05, 4.69) is 11.8 Å². The Bertz CT molecular complexity index is 140. The maximum absolute atomic E-state index is 2.70. The van der Waals surface area contributed by atoms with E-state index in [0.717, 1.165) is 11.8 Å². The van der Waals surface area contributed by atoms with E-state index >= 15 is 0 Å². The predicted octanol–water partition coefficient (Wildman–Crippen LogP) is 2.52. The molecule has 1 aliphatic heterocycles. The second-order valence-corrected chi connectivity index (χ2v) is 4.78. The van der Waals surface area contributed by atoms with Crippen molar-refractivity contribution in [3.8, 4) is 0 Å². The van der Waals surface area contributed by atoms with Crippen LogP contribution < -0.4 is 0 Å². The topological polar surface area (TPSA) is 3.24 Å². The van der Waals surface area contributed by atoms with E-state index in [-0.39, 0.29) is 0 Å². The quantitative estimate of drug-likeness (QED) is 0.611. The molecule has 0 radical (unpaired) electrons. The Balaban J connectivity index is 1.73. The molecule has 0 amide bonds. The van der Waals surface area contributed by atoms with Gasteiger partial charge in [0.1, 0.15) is 0 Å². The molecule has 1 atom stereocenters. The van der Waals surface area contributed by atoms with Gasteiger partial charge in [0, 0.05) is 6.54 Å². The molecular formula is C11H21N. The van der Waals surface area contributed by atoms with Gasteiger partial charge in [-0.3, -0.25) is 0 Å². The van der Waals surface area contributed by atoms with Crippen molar-refractivity contribution < 1.29 is 0 Å². The molecule has 1 aliphatic carbocycles. The second-order valence-electron chi connectivity index (χ2n) is 4.78. The maximum atomic E-state index is 2.70. The van der Waals surface area contributed by atoms with Gasteiger partial charge in [-0.1, -0.05) is 6.92 Å². The third kappa shape index (κ3) is 2.48. The Morgan fingerprint density at radius 3 is 2.67 bits per heavy atom. The van der Waals surface area contributed by atoms with Crippen molar-refractivity contribution in [2.24, 2.45) is 11.8 Å². The molecule has 12 heavy (non-hydrogen) atoms. The summed E-state index contributed by atoms with van der Waals surface area (Å²) in [5.74, 6) is 2.06. The van der Waals surface area contributed by atoms with E-state index in [0.29, 0.717) is 0 Å². The fraction of sp³-hybridized carbons (Fsp3) is 1.00. The normalized spacial score (nSPS) is 33.2. The average Bonchev–Trinajstić information content (AvgIpc) is 2.83. The minimum Gasteiger partial charge on any atom is -0.303 e. The van der Waals surface area contributed by atoms with Gasteiger partial charge in [-0.15, -0.1) is 0 Å². The van der Waals surface area contributed by atoms with Gasteiger partial charge >= 0.3 is 0 Å². The Labute approximate surface area is 76.1 Å². The summed E-state index contributed by atoms with van der Waals surface area (Å²) in [6.45, 7) is 6.56. The summed E-state index contributed by atoms with van der Waals surface area (Å²) in [5.41, 5.74) is 0. The molecule has 2 rings (SSSR count). The van der Waals surface area contributed by atoms with Crippen molar-refractivity contribution in [3.05, 3.63) is 0 Å². The number of hydrogen-bond acceptors (Lipinski definition) is 1. The first-order valence-electron chi connectivity index (χ1n) is 5.57. The van der Waals surface area contributed by atoms with Gasteiger partial charge in [0.2, 0.25) is 0 Å². The lowest BCUT2D eigenvalue weighted by Crippen LogP contribution is -2.26. The Kier molecular flexibility index (Phi) is 2.69. The summed E-state index contributed by atoms with van der Waals surface area (Å²) in [4.78, 5) is 2.70. The van der Waals surface area contributed by atoms with Crippen LogP contribution in [0.5, 0.6) is 0 Å². The van der Waals surface area contributed by atoms with E-state index in [1.165, 1.54) is 51.7 Å². The van der Waals surface area contributed by atoms with Gasteiger partial charge in [-0.25, -0.2) is 0 Å². The molecule has 0 bridgehead atoms. The minimum absolute atomic E-state index is 0.981. The highest BCUT2D eigenvalue weighted by Gasteiger charge is 2.24. The van der Waals surface area contributed by atoms with Crippen molar-refractivity contribution in [2.75, 3.05) is 19.6 Å². The lowest BCUT2D eigenvalue weighted by Gasteiger charge is -2.19. The summed E-state index contributed by atoms with van der Waals surface area (Å²) in [7, 11) is 0. The first-order valence-corrected chi connectivity index (χ1v) is 5.57. The molecule has 0 aromatic rings. The largest absolute Gasteiger partial charge is 0.303 e. The van der Waals surface area contributed by atoms with Crippen LogP contribution >= 0.6 is 0 Å². The third-order valence-electron chi connectivity index (χ3n) is 3.32. The molecular weight excluding hydrogens is 146 g/mol. The zero-order valence-electron chi connectivity index (χ0n) is 8.26. The van der Waals surface area contributed by atoms with Crippen LogP contribution in [-0.2, 0) is 0 Å². The van der Waals surface area contributed by atoms with Crippen molar-refractivity contribution in [3.63, 3.8) is 0 Å².